The highest BCUT2D eigenvalue weighted by Crippen LogP contribution is 2.45. The third kappa shape index (κ3) is 65.3. The van der Waals surface area contributed by atoms with Crippen LogP contribution in [0.15, 0.2) is 122 Å². The average Bonchev–Trinajstić information content (AvgIpc) is 3.73. The van der Waals surface area contributed by atoms with Gasteiger partial charge in [-0.1, -0.05) is 219 Å². The van der Waals surface area contributed by atoms with Crippen molar-refractivity contribution in [3.05, 3.63) is 122 Å². The molecule has 510 valence electrons. The molecule has 5 atom stereocenters. The van der Waals surface area contributed by atoms with Gasteiger partial charge in [-0.25, -0.2) is 9.13 Å². The fourth-order valence-electron chi connectivity index (χ4n) is 8.46. The van der Waals surface area contributed by atoms with Crippen molar-refractivity contribution < 1.29 is 75.8 Å². The number of hydrogen-bond donors (Lipinski definition) is 4. The van der Waals surface area contributed by atoms with Gasteiger partial charge in [-0.15, -0.1) is 0 Å². The van der Waals surface area contributed by atoms with Crippen molar-refractivity contribution in [2.75, 3.05) is 39.6 Å². The summed E-state index contributed by atoms with van der Waals surface area (Å²) in [6, 6.07) is 0. The maximum atomic E-state index is 12.9. The highest BCUT2D eigenvalue weighted by Gasteiger charge is 2.29. The van der Waals surface area contributed by atoms with Crippen LogP contribution in [0.4, 0.5) is 0 Å². The maximum Gasteiger partial charge on any atom is 0.472 e. The summed E-state index contributed by atoms with van der Waals surface area (Å²) in [5.41, 5.74) is 0. The topological polar surface area (TPSA) is 231 Å². The molecular weight excluding hydrogens is 1170 g/mol. The average molecular weight is 1290 g/mol. The van der Waals surface area contributed by atoms with Crippen molar-refractivity contribution in [1.29, 1.82) is 0 Å². The Morgan fingerprint density at radius 3 is 0.944 bits per heavy atom. The fraction of sp³-hybridized carbons (Fsp3) is 0.676. The Hall–Kier alpha value is -4.05. The molecule has 18 heteroatoms. The van der Waals surface area contributed by atoms with Crippen molar-refractivity contribution in [1.82, 2.24) is 0 Å². The van der Waals surface area contributed by atoms with Crippen LogP contribution in [-0.4, -0.2) is 95.9 Å². The van der Waals surface area contributed by atoms with Crippen molar-refractivity contribution in [3.63, 3.8) is 0 Å². The van der Waals surface area contributed by atoms with E-state index < -0.39 is 91.5 Å². The molecule has 5 unspecified atom stereocenters. The summed E-state index contributed by atoms with van der Waals surface area (Å²) >= 11 is 0. The Morgan fingerprint density at radius 1 is 0.326 bits per heavy atom. The zero-order valence-corrected chi connectivity index (χ0v) is 56.8. The summed E-state index contributed by atoms with van der Waals surface area (Å²) in [6.45, 7) is 2.41. The Morgan fingerprint density at radius 2 is 0.596 bits per heavy atom. The molecule has 0 spiro atoms. The van der Waals surface area contributed by atoms with Crippen LogP contribution in [0.25, 0.3) is 0 Å². The first-order valence-corrected chi connectivity index (χ1v) is 36.8. The summed E-state index contributed by atoms with van der Waals surface area (Å²) in [5, 5.41) is 20.5. The van der Waals surface area contributed by atoms with Crippen LogP contribution in [0.3, 0.4) is 0 Å². The van der Waals surface area contributed by atoms with Crippen LogP contribution >= 0.6 is 15.6 Å². The molecule has 4 N–H and O–H groups in total. The monoisotopic (exact) mass is 1290 g/mol. The maximum absolute atomic E-state index is 12.9. The van der Waals surface area contributed by atoms with E-state index in [4.69, 9.17) is 32.3 Å². The molecule has 0 aliphatic heterocycles. The zero-order chi connectivity index (χ0) is 65.3. The standard InChI is InChI=1S/C71H120O16P2/c1-4-7-10-13-16-19-22-25-28-30-31-32-33-35-38-39-42-45-48-51-54-57-69(74)81-60-66(72)61-83-88(77,78)84-62-67(73)63-85-89(79,80)86-65-68(87-71(76)59-56-53-50-47-44-41-36-27-24-21-18-15-12-9-6-3)64-82-70(75)58-55-52-49-46-43-40-37-34-29-26-23-20-17-14-11-8-5-2/h8,11,16-21,25-29,31-32,35-38,40,66-68,72-73H,4-7,9-10,12-15,22-24,30,33-34,39,41-65H2,1-3H3,(H,77,78)(H,79,80)/b11-8-,19-16-,20-17-,21-18-,28-25-,29-26-,32-31-,36-27-,38-35-,40-37-. The minimum Gasteiger partial charge on any atom is -0.463 e. The van der Waals surface area contributed by atoms with Crippen LogP contribution in [0.5, 0.6) is 0 Å². The number of aliphatic hydroxyl groups excluding tert-OH is 2. The number of esters is 3. The lowest BCUT2D eigenvalue weighted by Gasteiger charge is -2.21. The summed E-state index contributed by atoms with van der Waals surface area (Å²) < 4.78 is 60.8. The Balaban J connectivity index is 4.71. The molecule has 0 bridgehead atoms. The first kappa shape index (κ1) is 85.0. The number of hydrogen-bond acceptors (Lipinski definition) is 14. The summed E-state index contributed by atoms with van der Waals surface area (Å²) in [7, 11) is -9.80. The molecular formula is C71H120O16P2. The summed E-state index contributed by atoms with van der Waals surface area (Å²) in [5.74, 6) is -1.64. The molecule has 0 saturated carbocycles. The molecule has 0 aromatic rings. The van der Waals surface area contributed by atoms with E-state index in [9.17, 15) is 43.5 Å². The number of phosphoric acid groups is 2. The minimum absolute atomic E-state index is 0.0792. The number of carbonyl (C=O) groups excluding carboxylic acids is 3. The van der Waals surface area contributed by atoms with E-state index in [2.05, 4.69) is 142 Å². The second kappa shape index (κ2) is 64.1. The highest BCUT2D eigenvalue weighted by molar-refractivity contribution is 7.47. The highest BCUT2D eigenvalue weighted by atomic mass is 31.2. The molecule has 16 nitrogen and oxygen atoms in total. The Bertz CT molecular complexity index is 2110. The number of ether oxygens (including phenoxy) is 3. The molecule has 0 aromatic heterocycles. The molecule has 0 fully saturated rings. The third-order valence-electron chi connectivity index (χ3n) is 13.6. The fourth-order valence-corrected chi connectivity index (χ4v) is 10.0. The second-order valence-electron chi connectivity index (χ2n) is 22.2. The van der Waals surface area contributed by atoms with Crippen molar-refractivity contribution in [2.24, 2.45) is 0 Å². The van der Waals surface area contributed by atoms with Gasteiger partial charge in [0.2, 0.25) is 0 Å². The van der Waals surface area contributed by atoms with Gasteiger partial charge in [-0.2, -0.15) is 0 Å². The predicted octanol–water partition coefficient (Wildman–Crippen LogP) is 18.6. The molecule has 89 heavy (non-hydrogen) atoms. The summed E-state index contributed by atoms with van der Waals surface area (Å²) in [4.78, 5) is 58.3. The first-order chi connectivity index (χ1) is 43.2. The molecule has 0 heterocycles. The molecule has 0 radical (unpaired) electrons. The molecule has 0 saturated heterocycles. The largest absolute Gasteiger partial charge is 0.472 e. The van der Waals surface area contributed by atoms with Gasteiger partial charge in [-0.05, 0) is 135 Å². The molecule has 0 aliphatic rings. The number of unbranched alkanes of at least 4 members (excludes halogenated alkanes) is 20. The lowest BCUT2D eigenvalue weighted by molar-refractivity contribution is -0.161. The minimum atomic E-state index is -4.94. The van der Waals surface area contributed by atoms with Crippen LogP contribution in [0.2, 0.25) is 0 Å². The molecule has 0 amide bonds. The van der Waals surface area contributed by atoms with E-state index in [1.807, 2.05) is 0 Å². The predicted molar refractivity (Wildman–Crippen MR) is 362 cm³/mol. The zero-order valence-electron chi connectivity index (χ0n) is 55.1. The van der Waals surface area contributed by atoms with Crippen LogP contribution in [-0.2, 0) is 55.8 Å². The molecule has 0 aromatic carbocycles. The van der Waals surface area contributed by atoms with Crippen molar-refractivity contribution in [3.8, 4) is 0 Å². The van der Waals surface area contributed by atoms with Gasteiger partial charge in [0.15, 0.2) is 6.10 Å². The Labute approximate surface area is 538 Å². The number of phosphoric ester groups is 2. The SMILES string of the molecule is CC/C=C\C/C=C\C/C=C\C/C=C\CCCCCCC(=O)OCC(COP(=O)(O)OCC(O)COP(=O)(O)OCC(O)COC(=O)CCCCCCC/C=C\C/C=C\C/C=C\C/C=C\CCCCC)OC(=O)CCCCCCC/C=C\C/C=C\CCCCC. The van der Waals surface area contributed by atoms with Crippen LogP contribution < -0.4 is 0 Å². The number of aliphatic hydroxyl groups is 2. The van der Waals surface area contributed by atoms with E-state index in [-0.39, 0.29) is 19.3 Å². The normalized spacial score (nSPS) is 15.0. The summed E-state index contributed by atoms with van der Waals surface area (Å²) in [6.07, 6.45) is 72.4. The van der Waals surface area contributed by atoms with E-state index in [0.717, 1.165) is 148 Å². The van der Waals surface area contributed by atoms with Crippen LogP contribution in [0, 0.1) is 0 Å². The Kier molecular flexibility index (Phi) is 61.2. The lowest BCUT2D eigenvalue weighted by Crippen LogP contribution is -2.30. The van der Waals surface area contributed by atoms with Gasteiger partial charge in [0.25, 0.3) is 0 Å². The molecule has 0 aliphatic carbocycles. The molecule has 0 rings (SSSR count). The number of carbonyl (C=O) groups is 3. The van der Waals surface area contributed by atoms with E-state index in [1.165, 1.54) is 44.9 Å². The van der Waals surface area contributed by atoms with Crippen molar-refractivity contribution in [2.45, 2.75) is 270 Å². The van der Waals surface area contributed by atoms with E-state index >= 15 is 0 Å². The first-order valence-electron chi connectivity index (χ1n) is 33.8. The van der Waals surface area contributed by atoms with E-state index in [0.29, 0.717) is 19.3 Å². The van der Waals surface area contributed by atoms with Gasteiger partial charge in [0.1, 0.15) is 25.4 Å². The van der Waals surface area contributed by atoms with Gasteiger partial charge in [0, 0.05) is 19.3 Å². The second-order valence-corrected chi connectivity index (χ2v) is 25.1. The van der Waals surface area contributed by atoms with Crippen LogP contribution in [0.1, 0.15) is 252 Å². The van der Waals surface area contributed by atoms with Gasteiger partial charge < -0.3 is 34.2 Å². The van der Waals surface area contributed by atoms with Gasteiger partial charge in [0.05, 0.1) is 26.4 Å². The number of rotatable bonds is 63. The van der Waals surface area contributed by atoms with Gasteiger partial charge >= 0.3 is 33.6 Å². The van der Waals surface area contributed by atoms with Gasteiger partial charge in [-0.3, -0.25) is 32.5 Å². The van der Waals surface area contributed by atoms with Crippen molar-refractivity contribution >= 4 is 33.6 Å². The quantitative estimate of drug-likeness (QED) is 0.0146. The lowest BCUT2D eigenvalue weighted by atomic mass is 10.1. The number of allylic oxidation sites excluding steroid dienone is 20. The smallest absolute Gasteiger partial charge is 0.463 e. The van der Waals surface area contributed by atoms with E-state index in [1.54, 1.807) is 0 Å². The third-order valence-corrected chi connectivity index (χ3v) is 15.5.